The molecule has 1 heterocycles. The monoisotopic (exact) mass is 252 g/mol. The molecule has 0 aromatic heterocycles. The first-order valence-electron chi connectivity index (χ1n) is 6.02. The third-order valence-electron chi connectivity index (χ3n) is 3.18. The lowest BCUT2D eigenvalue weighted by Gasteiger charge is -2.23. The topological polar surface area (TPSA) is 26.3 Å². The van der Waals surface area contributed by atoms with Crippen molar-refractivity contribution in [3.8, 4) is 0 Å². The number of Topliss-reactive ketones (excluding diaryl/α,β-unsaturated/α-hetero) is 1. The summed E-state index contributed by atoms with van der Waals surface area (Å²) in [5.41, 5.74) is 2.19. The van der Waals surface area contributed by atoms with Gasteiger partial charge in [-0.15, -0.1) is 0 Å². The third-order valence-corrected chi connectivity index (χ3v) is 3.51. The molecule has 0 N–H and O–H groups in total. The summed E-state index contributed by atoms with van der Waals surface area (Å²) in [5, 5.41) is 0.788. The molecule has 1 aromatic carbocycles. The van der Waals surface area contributed by atoms with E-state index < -0.39 is 0 Å². The summed E-state index contributed by atoms with van der Waals surface area (Å²) in [5.74, 6) is 0.669. The van der Waals surface area contributed by atoms with Gasteiger partial charge in [0, 0.05) is 24.7 Å². The molecule has 1 aromatic rings. The fourth-order valence-electron chi connectivity index (χ4n) is 2.31. The number of hydrogen-bond donors (Lipinski definition) is 0. The first-order chi connectivity index (χ1) is 8.16. The first-order valence-corrected chi connectivity index (χ1v) is 6.40. The molecule has 2 rings (SSSR count). The van der Waals surface area contributed by atoms with Crippen LogP contribution in [0.5, 0.6) is 0 Å². The minimum absolute atomic E-state index is 0.167. The Hall–Kier alpha value is -0.860. The van der Waals surface area contributed by atoms with E-state index in [1.807, 2.05) is 12.1 Å². The van der Waals surface area contributed by atoms with E-state index in [4.69, 9.17) is 16.3 Å². The Morgan fingerprint density at radius 1 is 1.41 bits per heavy atom. The van der Waals surface area contributed by atoms with Crippen LogP contribution in [-0.2, 0) is 16.0 Å². The lowest BCUT2D eigenvalue weighted by atomic mass is 9.90. The van der Waals surface area contributed by atoms with Gasteiger partial charge in [-0.3, -0.25) is 4.79 Å². The Kier molecular flexibility index (Phi) is 4.19. The van der Waals surface area contributed by atoms with E-state index in [9.17, 15) is 4.79 Å². The third kappa shape index (κ3) is 3.30. The molecule has 17 heavy (non-hydrogen) atoms. The summed E-state index contributed by atoms with van der Waals surface area (Å²) in [4.78, 5) is 11.1. The maximum absolute atomic E-state index is 11.1. The second-order valence-electron chi connectivity index (χ2n) is 4.62. The van der Waals surface area contributed by atoms with Crippen molar-refractivity contribution in [2.24, 2.45) is 0 Å². The Bertz CT molecular complexity index is 409. The van der Waals surface area contributed by atoms with Gasteiger partial charge in [0.15, 0.2) is 0 Å². The molecule has 0 saturated carbocycles. The van der Waals surface area contributed by atoms with Crippen LogP contribution in [0.25, 0.3) is 0 Å². The molecule has 0 atom stereocenters. The molecule has 1 saturated heterocycles. The molecule has 0 amide bonds. The van der Waals surface area contributed by atoms with Crippen molar-refractivity contribution < 1.29 is 9.53 Å². The summed E-state index contributed by atoms with van der Waals surface area (Å²) < 4.78 is 5.35. The predicted octanol–water partition coefficient (Wildman–Crippen LogP) is 3.37. The molecule has 1 aliphatic heterocycles. The predicted molar refractivity (Wildman–Crippen MR) is 68.6 cm³/mol. The van der Waals surface area contributed by atoms with E-state index in [-0.39, 0.29) is 5.78 Å². The molecule has 2 nitrogen and oxygen atoms in total. The van der Waals surface area contributed by atoms with Gasteiger partial charge in [-0.2, -0.15) is 0 Å². The van der Waals surface area contributed by atoms with E-state index in [0.717, 1.165) is 36.6 Å². The van der Waals surface area contributed by atoms with Gasteiger partial charge in [0.25, 0.3) is 0 Å². The molecule has 0 radical (unpaired) electrons. The average Bonchev–Trinajstić information content (AvgIpc) is 2.29. The zero-order valence-electron chi connectivity index (χ0n) is 10.0. The largest absolute Gasteiger partial charge is 0.381 e. The van der Waals surface area contributed by atoms with Crippen LogP contribution >= 0.6 is 11.6 Å². The quantitative estimate of drug-likeness (QED) is 0.825. The van der Waals surface area contributed by atoms with Crippen molar-refractivity contribution in [3.05, 3.63) is 34.3 Å². The Morgan fingerprint density at radius 2 is 2.12 bits per heavy atom. The van der Waals surface area contributed by atoms with Gasteiger partial charge in [0.2, 0.25) is 0 Å². The maximum Gasteiger partial charge on any atom is 0.134 e. The molecule has 92 valence electrons. The Morgan fingerprint density at radius 3 is 2.71 bits per heavy atom. The summed E-state index contributed by atoms with van der Waals surface area (Å²) in [6, 6.07) is 6.00. The minimum atomic E-state index is 0.167. The molecule has 1 fully saturated rings. The second-order valence-corrected chi connectivity index (χ2v) is 5.03. The molecular formula is C14H17ClO2. The molecule has 0 bridgehead atoms. The number of rotatable bonds is 3. The van der Waals surface area contributed by atoms with E-state index in [0.29, 0.717) is 12.3 Å². The summed E-state index contributed by atoms with van der Waals surface area (Å²) in [7, 11) is 0. The minimum Gasteiger partial charge on any atom is -0.381 e. The van der Waals surface area contributed by atoms with Gasteiger partial charge in [-0.05, 0) is 42.9 Å². The lowest BCUT2D eigenvalue weighted by Crippen LogP contribution is -2.14. The van der Waals surface area contributed by atoms with Gasteiger partial charge >= 0.3 is 0 Å². The average molecular weight is 253 g/mol. The normalized spacial score (nSPS) is 17.1. The van der Waals surface area contributed by atoms with Crippen LogP contribution in [0.2, 0.25) is 5.02 Å². The molecule has 3 heteroatoms. The van der Waals surface area contributed by atoms with E-state index in [1.165, 1.54) is 5.56 Å². The number of carbonyl (C=O) groups excluding carboxylic acids is 1. The van der Waals surface area contributed by atoms with Crippen molar-refractivity contribution in [2.45, 2.75) is 32.1 Å². The van der Waals surface area contributed by atoms with E-state index >= 15 is 0 Å². The molecule has 0 aliphatic carbocycles. The Balaban J connectivity index is 2.15. The number of carbonyl (C=O) groups is 1. The number of ether oxygens (including phenoxy) is 1. The van der Waals surface area contributed by atoms with Crippen LogP contribution in [0.3, 0.4) is 0 Å². The second kappa shape index (κ2) is 5.65. The van der Waals surface area contributed by atoms with Crippen molar-refractivity contribution in [1.29, 1.82) is 0 Å². The van der Waals surface area contributed by atoms with Gasteiger partial charge in [0.1, 0.15) is 5.78 Å². The zero-order chi connectivity index (χ0) is 12.3. The lowest BCUT2D eigenvalue weighted by molar-refractivity contribution is -0.116. The SMILES string of the molecule is CC(=O)Cc1ccc(C2CCOCC2)c(Cl)c1. The van der Waals surface area contributed by atoms with Crippen LogP contribution in [0, 0.1) is 0 Å². The van der Waals surface area contributed by atoms with Crippen LogP contribution in [-0.4, -0.2) is 19.0 Å². The highest BCUT2D eigenvalue weighted by Gasteiger charge is 2.18. The number of halogens is 1. The molecule has 0 unspecified atom stereocenters. The van der Waals surface area contributed by atoms with Gasteiger partial charge in [0.05, 0.1) is 0 Å². The van der Waals surface area contributed by atoms with Crippen LogP contribution in [0.15, 0.2) is 18.2 Å². The maximum atomic E-state index is 11.1. The first kappa shape index (κ1) is 12.6. The highest BCUT2D eigenvalue weighted by atomic mass is 35.5. The van der Waals surface area contributed by atoms with Gasteiger partial charge in [-0.25, -0.2) is 0 Å². The van der Waals surface area contributed by atoms with Crippen molar-refractivity contribution in [2.75, 3.05) is 13.2 Å². The fourth-order valence-corrected chi connectivity index (χ4v) is 2.67. The van der Waals surface area contributed by atoms with Crippen molar-refractivity contribution in [3.63, 3.8) is 0 Å². The number of benzene rings is 1. The fraction of sp³-hybridized carbons (Fsp3) is 0.500. The number of hydrogen-bond acceptors (Lipinski definition) is 2. The zero-order valence-corrected chi connectivity index (χ0v) is 10.8. The van der Waals surface area contributed by atoms with Crippen LogP contribution in [0.1, 0.15) is 36.8 Å². The molecular weight excluding hydrogens is 236 g/mol. The summed E-state index contributed by atoms with van der Waals surface area (Å²) in [6.45, 7) is 3.23. The number of ketones is 1. The van der Waals surface area contributed by atoms with E-state index in [2.05, 4.69) is 6.07 Å². The highest BCUT2D eigenvalue weighted by Crippen LogP contribution is 2.32. The Labute approximate surface area is 107 Å². The van der Waals surface area contributed by atoms with E-state index in [1.54, 1.807) is 6.92 Å². The smallest absolute Gasteiger partial charge is 0.134 e. The molecule has 1 aliphatic rings. The van der Waals surface area contributed by atoms with Crippen molar-refractivity contribution in [1.82, 2.24) is 0 Å². The standard InChI is InChI=1S/C14H17ClO2/c1-10(16)8-11-2-3-13(14(15)9-11)12-4-6-17-7-5-12/h2-3,9,12H,4-8H2,1H3. The molecule has 0 spiro atoms. The highest BCUT2D eigenvalue weighted by molar-refractivity contribution is 6.31. The summed E-state index contributed by atoms with van der Waals surface area (Å²) in [6.07, 6.45) is 2.53. The van der Waals surface area contributed by atoms with Gasteiger partial charge in [-0.1, -0.05) is 23.7 Å². The summed E-state index contributed by atoms with van der Waals surface area (Å²) >= 11 is 6.29. The van der Waals surface area contributed by atoms with Crippen LogP contribution in [0.4, 0.5) is 0 Å². The van der Waals surface area contributed by atoms with Crippen molar-refractivity contribution >= 4 is 17.4 Å². The van der Waals surface area contributed by atoms with Crippen LogP contribution < -0.4 is 0 Å². The van der Waals surface area contributed by atoms with Gasteiger partial charge < -0.3 is 4.74 Å².